The topological polar surface area (TPSA) is 148 Å². The van der Waals surface area contributed by atoms with Crippen LogP contribution >= 0.6 is 0 Å². The van der Waals surface area contributed by atoms with Crippen LogP contribution in [0.4, 0.5) is 11.6 Å². The van der Waals surface area contributed by atoms with Crippen molar-refractivity contribution in [2.24, 2.45) is 16.6 Å². The van der Waals surface area contributed by atoms with Crippen molar-refractivity contribution in [3.63, 3.8) is 0 Å². The quantitative estimate of drug-likeness (QED) is 0.366. The van der Waals surface area contributed by atoms with Crippen LogP contribution in [-0.2, 0) is 4.74 Å². The minimum atomic E-state index is -0.350. The number of hydrogen-bond acceptors (Lipinski definition) is 10. The summed E-state index contributed by atoms with van der Waals surface area (Å²) in [6.07, 6.45) is 8.79. The summed E-state index contributed by atoms with van der Waals surface area (Å²) in [7, 11) is 0. The number of piperidine rings is 1. The second-order valence-electron chi connectivity index (χ2n) is 9.42. The van der Waals surface area contributed by atoms with Gasteiger partial charge >= 0.3 is 0 Å². The number of aliphatic hydroxyl groups excluding tert-OH is 1. The summed E-state index contributed by atoms with van der Waals surface area (Å²) in [5, 5.41) is 15.3. The van der Waals surface area contributed by atoms with Crippen molar-refractivity contribution < 1.29 is 9.84 Å². The lowest BCUT2D eigenvalue weighted by Gasteiger charge is -2.43. The molecule has 5 heterocycles. The normalized spacial score (nSPS) is 21.7. The van der Waals surface area contributed by atoms with Crippen LogP contribution in [0.15, 0.2) is 53.7 Å². The van der Waals surface area contributed by atoms with E-state index in [-0.39, 0.29) is 12.0 Å². The number of aliphatic hydroxyl groups is 1. The predicted octanol–water partition coefficient (Wildman–Crippen LogP) is 1.95. The lowest BCUT2D eigenvalue weighted by atomic mass is 9.93. The van der Waals surface area contributed by atoms with Crippen molar-refractivity contribution in [3.8, 4) is 11.3 Å². The Kier molecular flexibility index (Phi) is 7.08. The van der Waals surface area contributed by atoms with Gasteiger partial charge in [-0.2, -0.15) is 0 Å². The molecule has 0 aromatic carbocycles. The second kappa shape index (κ2) is 10.6. The number of pyridine rings is 3. The lowest BCUT2D eigenvalue weighted by Crippen LogP contribution is -2.55. The number of nitrogen functional groups attached to an aromatic ring is 1. The first kappa shape index (κ1) is 24.1. The molecule has 0 amide bonds. The zero-order chi connectivity index (χ0) is 25.1. The Morgan fingerprint density at radius 1 is 1.33 bits per heavy atom. The van der Waals surface area contributed by atoms with Crippen molar-refractivity contribution in [2.75, 3.05) is 43.9 Å². The Hall–Kier alpha value is -3.60. The van der Waals surface area contributed by atoms with Crippen LogP contribution in [0.5, 0.6) is 0 Å². The molecule has 0 bridgehead atoms. The molecule has 0 saturated carbocycles. The fourth-order valence-electron chi connectivity index (χ4n) is 4.66. The predicted molar refractivity (Wildman–Crippen MR) is 141 cm³/mol. The third kappa shape index (κ3) is 5.15. The maximum absolute atomic E-state index is 10.4. The number of likely N-dealkylation sites (tertiary alicyclic amines) is 1. The molecule has 0 aliphatic carbocycles. The fourth-order valence-corrected chi connectivity index (χ4v) is 4.66. The Morgan fingerprint density at radius 2 is 2.19 bits per heavy atom. The summed E-state index contributed by atoms with van der Waals surface area (Å²) in [6.45, 7) is 5.82. The van der Waals surface area contributed by atoms with E-state index in [4.69, 9.17) is 16.2 Å². The van der Waals surface area contributed by atoms with Crippen LogP contribution in [0.2, 0.25) is 0 Å². The number of rotatable bonds is 7. The highest BCUT2D eigenvalue weighted by atomic mass is 16.5. The van der Waals surface area contributed by atoms with Gasteiger partial charge in [-0.25, -0.2) is 9.97 Å². The van der Waals surface area contributed by atoms with Crippen molar-refractivity contribution >= 4 is 28.6 Å². The molecule has 5 rings (SSSR count). The van der Waals surface area contributed by atoms with E-state index in [0.29, 0.717) is 29.9 Å². The van der Waals surface area contributed by atoms with Gasteiger partial charge in [0, 0.05) is 67.5 Å². The largest absolute Gasteiger partial charge is 0.403 e. The van der Waals surface area contributed by atoms with Crippen LogP contribution < -0.4 is 16.8 Å². The molecular weight excluding hydrogens is 456 g/mol. The van der Waals surface area contributed by atoms with Gasteiger partial charge in [-0.15, -0.1) is 0 Å². The number of allylic oxidation sites excluding steroid dienone is 1. The maximum Gasteiger partial charge on any atom is 0.133 e. The van der Waals surface area contributed by atoms with Gasteiger partial charge in [-0.05, 0) is 42.5 Å². The van der Waals surface area contributed by atoms with Crippen LogP contribution in [0.1, 0.15) is 12.0 Å². The Bertz CT molecular complexity index is 1290. The number of nitrogens with two attached hydrogens (primary N) is 2. The zero-order valence-electron chi connectivity index (χ0n) is 20.3. The average Bonchev–Trinajstić information content (AvgIpc) is 2.84. The van der Waals surface area contributed by atoms with Crippen molar-refractivity contribution in [1.82, 2.24) is 19.9 Å². The number of aromatic nitrogens is 3. The first-order chi connectivity index (χ1) is 17.5. The van der Waals surface area contributed by atoms with Gasteiger partial charge in [0.25, 0.3) is 0 Å². The summed E-state index contributed by atoms with van der Waals surface area (Å²) in [5.41, 5.74) is 15.5. The molecule has 10 nitrogen and oxygen atoms in total. The third-order valence-electron chi connectivity index (χ3n) is 6.94. The highest BCUT2D eigenvalue weighted by molar-refractivity contribution is 5.95. The molecule has 3 aromatic heterocycles. The van der Waals surface area contributed by atoms with E-state index in [2.05, 4.69) is 30.2 Å². The van der Waals surface area contributed by atoms with Crippen molar-refractivity contribution in [3.05, 3.63) is 54.3 Å². The van der Waals surface area contributed by atoms with Gasteiger partial charge in [-0.3, -0.25) is 14.9 Å². The van der Waals surface area contributed by atoms with E-state index in [0.717, 1.165) is 60.3 Å². The van der Waals surface area contributed by atoms with E-state index >= 15 is 0 Å². The van der Waals surface area contributed by atoms with Crippen molar-refractivity contribution in [1.29, 1.82) is 0 Å². The summed E-state index contributed by atoms with van der Waals surface area (Å²) in [4.78, 5) is 20.2. The highest BCUT2D eigenvalue weighted by Crippen LogP contribution is 2.29. The number of ether oxygens (including phenoxy) is 1. The Morgan fingerprint density at radius 3 is 2.94 bits per heavy atom. The molecule has 3 aromatic rings. The first-order valence-electron chi connectivity index (χ1n) is 12.2. The molecule has 2 aliphatic rings. The molecule has 2 aliphatic heterocycles. The number of hydrogen-bond donors (Lipinski definition) is 4. The first-order valence-corrected chi connectivity index (χ1v) is 12.2. The molecule has 0 radical (unpaired) electrons. The molecule has 10 heteroatoms. The summed E-state index contributed by atoms with van der Waals surface area (Å²) >= 11 is 0. The highest BCUT2D eigenvalue weighted by Gasteiger charge is 2.34. The minimum absolute atomic E-state index is 0.0817. The molecule has 188 valence electrons. The molecule has 0 unspecified atom stereocenters. The number of fused-ring (bicyclic) bond motifs is 1. The summed E-state index contributed by atoms with van der Waals surface area (Å²) in [6, 6.07) is 6.30. The number of nitrogens with one attached hydrogen (secondary N) is 1. The summed E-state index contributed by atoms with van der Waals surface area (Å²) < 4.78 is 5.32. The summed E-state index contributed by atoms with van der Waals surface area (Å²) in [5.74, 6) is 1.10. The SMILES string of the molecule is Cc1ccncc1-c1cc2cc(N/C(C=NC[C@H]3CN(C4COC4)CC[C@@H]3O)=C/N)ncc2c(N)n1. The maximum atomic E-state index is 10.4. The molecule has 36 heavy (non-hydrogen) atoms. The molecule has 2 fully saturated rings. The van der Waals surface area contributed by atoms with E-state index in [1.54, 1.807) is 24.8 Å². The standard InChI is InChI=1S/C26H32N8O2/c1-16-2-4-29-11-21(16)23-6-17-7-25(31-12-22(17)26(28)33-23)32-19(8-27)10-30-9-18-13-34(5-3-24(18)35)20-14-36-15-20/h2,4,6-8,10-12,18,20,24,35H,3,5,9,13-15,27H2,1H3,(H2,28,33)(H,31,32)/b19-8+,30-10?/t18-,24-/m0/s1. The monoisotopic (exact) mass is 488 g/mol. The average molecular weight is 489 g/mol. The molecular formula is C26H32N8O2. The molecule has 0 spiro atoms. The minimum Gasteiger partial charge on any atom is -0.403 e. The van der Waals surface area contributed by atoms with Gasteiger partial charge in [0.15, 0.2) is 0 Å². The lowest BCUT2D eigenvalue weighted by molar-refractivity contribution is -0.0912. The van der Waals surface area contributed by atoms with Gasteiger partial charge in [-0.1, -0.05) is 0 Å². The molecule has 2 atom stereocenters. The Balaban J connectivity index is 1.28. The van der Waals surface area contributed by atoms with Gasteiger partial charge < -0.3 is 26.6 Å². The second-order valence-corrected chi connectivity index (χ2v) is 9.42. The van der Waals surface area contributed by atoms with Crippen LogP contribution in [0, 0.1) is 12.8 Å². The van der Waals surface area contributed by atoms with Gasteiger partial charge in [0.2, 0.25) is 0 Å². The molecule has 6 N–H and O–H groups in total. The third-order valence-corrected chi connectivity index (χ3v) is 6.94. The van der Waals surface area contributed by atoms with E-state index in [1.807, 2.05) is 25.1 Å². The number of anilines is 2. The van der Waals surface area contributed by atoms with Gasteiger partial charge in [0.05, 0.1) is 36.8 Å². The smallest absolute Gasteiger partial charge is 0.133 e. The van der Waals surface area contributed by atoms with Crippen LogP contribution in [0.3, 0.4) is 0 Å². The fraction of sp³-hybridized carbons (Fsp3) is 0.385. The Labute approximate surface area is 210 Å². The number of nitrogens with zero attached hydrogens (tertiary/aromatic N) is 5. The van der Waals surface area contributed by atoms with Crippen LogP contribution in [-0.4, -0.2) is 76.2 Å². The van der Waals surface area contributed by atoms with Crippen molar-refractivity contribution in [2.45, 2.75) is 25.5 Å². The van der Waals surface area contributed by atoms with E-state index in [1.165, 1.54) is 6.20 Å². The zero-order valence-corrected chi connectivity index (χ0v) is 20.3. The van der Waals surface area contributed by atoms with E-state index < -0.39 is 0 Å². The number of aryl methyl sites for hydroxylation is 1. The van der Waals surface area contributed by atoms with Crippen LogP contribution in [0.25, 0.3) is 22.0 Å². The number of aliphatic imine (C=N–C) groups is 1. The van der Waals surface area contributed by atoms with E-state index in [9.17, 15) is 5.11 Å². The molecule has 2 saturated heterocycles. The van der Waals surface area contributed by atoms with Gasteiger partial charge in [0.1, 0.15) is 11.6 Å².